The highest BCUT2D eigenvalue weighted by Crippen LogP contribution is 2.17. The number of hydrogen-bond acceptors (Lipinski definition) is 4. The number of carboxylic acid groups (broad SMARTS) is 1. The van der Waals surface area contributed by atoms with E-state index in [0.717, 1.165) is 5.56 Å². The topological polar surface area (TPSA) is 113 Å². The predicted molar refractivity (Wildman–Crippen MR) is 76.0 cm³/mol. The Kier molecular flexibility index (Phi) is 4.55. The second-order valence-corrected chi connectivity index (χ2v) is 5.25. The van der Waals surface area contributed by atoms with Gasteiger partial charge in [0.2, 0.25) is 11.8 Å². The van der Waals surface area contributed by atoms with Crippen LogP contribution >= 0.6 is 0 Å². The molecule has 0 radical (unpaired) electrons. The van der Waals surface area contributed by atoms with Crippen molar-refractivity contribution in [3.8, 4) is 0 Å². The van der Waals surface area contributed by atoms with Gasteiger partial charge < -0.3 is 10.4 Å². The molecule has 1 aromatic rings. The number of benzene rings is 1. The molecule has 2 atom stereocenters. The van der Waals surface area contributed by atoms with Gasteiger partial charge >= 0.3 is 5.97 Å². The van der Waals surface area contributed by atoms with Crippen LogP contribution in [0.25, 0.3) is 0 Å². The molecule has 0 aliphatic carbocycles. The summed E-state index contributed by atoms with van der Waals surface area (Å²) in [4.78, 5) is 45.1. The summed E-state index contributed by atoms with van der Waals surface area (Å²) in [5.41, 5.74) is 1.17. The van der Waals surface area contributed by atoms with Crippen LogP contribution < -0.4 is 10.6 Å². The largest absolute Gasteiger partial charge is 0.480 e. The molecule has 0 saturated carbocycles. The molecule has 2 rings (SSSR count). The van der Waals surface area contributed by atoms with Crippen molar-refractivity contribution >= 4 is 23.7 Å². The number of carbonyl (C=O) groups is 4. The molecular formula is C15H16N2O5. The van der Waals surface area contributed by atoms with E-state index in [-0.39, 0.29) is 24.2 Å². The molecule has 7 heteroatoms. The molecule has 3 amide bonds. The fourth-order valence-electron chi connectivity index (χ4n) is 2.19. The number of nitrogens with one attached hydrogen (secondary N) is 2. The first kappa shape index (κ1) is 15.7. The Hall–Kier alpha value is -2.70. The molecule has 1 saturated heterocycles. The Labute approximate surface area is 126 Å². The molecule has 1 aliphatic heterocycles. The van der Waals surface area contributed by atoms with Crippen molar-refractivity contribution in [3.05, 3.63) is 35.4 Å². The lowest BCUT2D eigenvalue weighted by molar-refractivity contribution is -0.138. The van der Waals surface area contributed by atoms with E-state index in [2.05, 4.69) is 10.6 Å². The van der Waals surface area contributed by atoms with Gasteiger partial charge in [0.05, 0.1) is 5.92 Å². The van der Waals surface area contributed by atoms with E-state index < -0.39 is 17.9 Å². The maximum absolute atomic E-state index is 11.8. The third-order valence-electron chi connectivity index (χ3n) is 3.48. The lowest BCUT2D eigenvalue weighted by Gasteiger charge is -2.10. The van der Waals surface area contributed by atoms with Gasteiger partial charge in [-0.2, -0.15) is 0 Å². The van der Waals surface area contributed by atoms with Crippen molar-refractivity contribution in [2.75, 3.05) is 0 Å². The Morgan fingerprint density at radius 2 is 1.95 bits per heavy atom. The summed E-state index contributed by atoms with van der Waals surface area (Å²) in [5.74, 6) is -2.51. The summed E-state index contributed by atoms with van der Waals surface area (Å²) in [5, 5.41) is 13.4. The third-order valence-corrected chi connectivity index (χ3v) is 3.48. The summed E-state index contributed by atoms with van der Waals surface area (Å²) in [6.45, 7) is 1.38. The third kappa shape index (κ3) is 3.69. The van der Waals surface area contributed by atoms with Crippen LogP contribution in [0.2, 0.25) is 0 Å². The monoisotopic (exact) mass is 304 g/mol. The van der Waals surface area contributed by atoms with E-state index in [1.165, 1.54) is 6.92 Å². The summed E-state index contributed by atoms with van der Waals surface area (Å²) in [7, 11) is 0. The number of aliphatic carboxylic acids is 1. The number of rotatable bonds is 5. The summed E-state index contributed by atoms with van der Waals surface area (Å²) in [6, 6.07) is 5.54. The molecule has 0 bridgehead atoms. The lowest BCUT2D eigenvalue weighted by Crippen LogP contribution is -2.38. The molecule has 116 valence electrons. The number of imide groups is 1. The van der Waals surface area contributed by atoms with E-state index >= 15 is 0 Å². The van der Waals surface area contributed by atoms with Gasteiger partial charge in [-0.25, -0.2) is 0 Å². The molecule has 1 heterocycles. The van der Waals surface area contributed by atoms with Crippen LogP contribution in [0.5, 0.6) is 0 Å². The first-order chi connectivity index (χ1) is 10.4. The van der Waals surface area contributed by atoms with E-state index in [1.807, 2.05) is 0 Å². The molecule has 3 N–H and O–H groups in total. The summed E-state index contributed by atoms with van der Waals surface area (Å²) < 4.78 is 0. The van der Waals surface area contributed by atoms with Crippen LogP contribution in [0.1, 0.15) is 29.3 Å². The van der Waals surface area contributed by atoms with Crippen LogP contribution in [-0.2, 0) is 20.8 Å². The number of carbonyl (C=O) groups excluding carboxylic acids is 3. The molecule has 2 unspecified atom stereocenters. The van der Waals surface area contributed by atoms with Gasteiger partial charge in [-0.3, -0.25) is 24.5 Å². The Morgan fingerprint density at radius 3 is 2.45 bits per heavy atom. The average Bonchev–Trinajstić information content (AvgIpc) is 2.77. The second-order valence-electron chi connectivity index (χ2n) is 5.25. The van der Waals surface area contributed by atoms with Crippen molar-refractivity contribution in [2.45, 2.75) is 25.8 Å². The van der Waals surface area contributed by atoms with Crippen molar-refractivity contribution in [3.63, 3.8) is 0 Å². The Balaban J connectivity index is 1.98. The van der Waals surface area contributed by atoms with E-state index in [4.69, 9.17) is 5.11 Å². The predicted octanol–water partition coefficient (Wildman–Crippen LogP) is 0.0947. The van der Waals surface area contributed by atoms with E-state index in [9.17, 15) is 19.2 Å². The van der Waals surface area contributed by atoms with Crippen LogP contribution in [-0.4, -0.2) is 34.8 Å². The minimum atomic E-state index is -1.11. The Morgan fingerprint density at radius 1 is 1.32 bits per heavy atom. The van der Waals surface area contributed by atoms with Crippen LogP contribution in [0.3, 0.4) is 0 Å². The summed E-state index contributed by atoms with van der Waals surface area (Å²) in [6.07, 6.45) is 0.599. The molecule has 1 aliphatic rings. The standard InChI is InChI=1S/C15H16N2O5/c1-8(15(21)22)16-13(19)10-4-2-9(3-5-10)6-11-7-12(18)17-14(11)20/h2-5,8,11H,6-7H2,1H3,(H,16,19)(H,21,22)(H,17,18,20). The van der Waals surface area contributed by atoms with Gasteiger partial charge in [0.25, 0.3) is 5.91 Å². The van der Waals surface area contributed by atoms with Crippen molar-refractivity contribution in [1.29, 1.82) is 0 Å². The number of amides is 3. The first-order valence-electron chi connectivity index (χ1n) is 6.83. The molecule has 7 nitrogen and oxygen atoms in total. The zero-order chi connectivity index (χ0) is 16.3. The highest BCUT2D eigenvalue weighted by Gasteiger charge is 2.30. The number of hydrogen-bond donors (Lipinski definition) is 3. The minimum absolute atomic E-state index is 0.178. The first-order valence-corrected chi connectivity index (χ1v) is 6.83. The van der Waals surface area contributed by atoms with Crippen LogP contribution in [0.4, 0.5) is 0 Å². The van der Waals surface area contributed by atoms with Crippen LogP contribution in [0.15, 0.2) is 24.3 Å². The van der Waals surface area contributed by atoms with Crippen molar-refractivity contribution < 1.29 is 24.3 Å². The van der Waals surface area contributed by atoms with Gasteiger partial charge in [-0.05, 0) is 31.0 Å². The zero-order valence-corrected chi connectivity index (χ0v) is 12.0. The second kappa shape index (κ2) is 6.38. The van der Waals surface area contributed by atoms with E-state index in [1.54, 1.807) is 24.3 Å². The summed E-state index contributed by atoms with van der Waals surface area (Å²) >= 11 is 0. The highest BCUT2D eigenvalue weighted by molar-refractivity contribution is 6.03. The molecule has 22 heavy (non-hydrogen) atoms. The maximum atomic E-state index is 11.8. The van der Waals surface area contributed by atoms with Crippen molar-refractivity contribution in [2.24, 2.45) is 5.92 Å². The fraction of sp³-hybridized carbons (Fsp3) is 0.333. The molecule has 1 fully saturated rings. The smallest absolute Gasteiger partial charge is 0.325 e. The highest BCUT2D eigenvalue weighted by atomic mass is 16.4. The lowest BCUT2D eigenvalue weighted by atomic mass is 9.97. The van der Waals surface area contributed by atoms with Gasteiger partial charge in [0, 0.05) is 12.0 Å². The van der Waals surface area contributed by atoms with Crippen molar-refractivity contribution in [1.82, 2.24) is 10.6 Å². The molecule has 1 aromatic carbocycles. The van der Waals surface area contributed by atoms with Gasteiger partial charge in [-0.15, -0.1) is 0 Å². The minimum Gasteiger partial charge on any atom is -0.480 e. The normalized spacial score (nSPS) is 18.7. The molecule has 0 spiro atoms. The SMILES string of the molecule is CC(NC(=O)c1ccc(CC2CC(=O)NC2=O)cc1)C(=O)O. The molecule has 0 aromatic heterocycles. The van der Waals surface area contributed by atoms with Gasteiger partial charge in [0.15, 0.2) is 0 Å². The van der Waals surface area contributed by atoms with Crippen LogP contribution in [0, 0.1) is 5.92 Å². The Bertz CT molecular complexity index is 623. The molecular weight excluding hydrogens is 288 g/mol. The maximum Gasteiger partial charge on any atom is 0.325 e. The van der Waals surface area contributed by atoms with Gasteiger partial charge in [-0.1, -0.05) is 12.1 Å². The number of carboxylic acids is 1. The quantitative estimate of drug-likeness (QED) is 0.668. The average molecular weight is 304 g/mol. The van der Waals surface area contributed by atoms with Gasteiger partial charge in [0.1, 0.15) is 6.04 Å². The van der Waals surface area contributed by atoms with E-state index in [0.29, 0.717) is 12.0 Å². The zero-order valence-electron chi connectivity index (χ0n) is 12.0. The fourth-order valence-corrected chi connectivity index (χ4v) is 2.19.